The van der Waals surface area contributed by atoms with E-state index >= 15 is 0 Å². The summed E-state index contributed by atoms with van der Waals surface area (Å²) in [4.78, 5) is 42.0. The molecule has 0 saturated carbocycles. The van der Waals surface area contributed by atoms with Crippen molar-refractivity contribution in [1.82, 2.24) is 24.8 Å². The van der Waals surface area contributed by atoms with E-state index < -0.39 is 53.6 Å². The van der Waals surface area contributed by atoms with E-state index in [0.29, 0.717) is 23.7 Å². The Hall–Kier alpha value is -3.88. The number of nitrogens with one attached hydrogen (secondary N) is 1. The molecule has 15 heteroatoms. The summed E-state index contributed by atoms with van der Waals surface area (Å²) < 4.78 is 71.6. The average molecular weight is 569 g/mol. The number of urea groups is 1. The van der Waals surface area contributed by atoms with Crippen LogP contribution in [-0.4, -0.2) is 62.6 Å². The van der Waals surface area contributed by atoms with Gasteiger partial charge in [-0.3, -0.25) is 4.79 Å². The first-order valence-corrected chi connectivity index (χ1v) is 12.8. The number of hydrogen-bond donors (Lipinski definition) is 1. The molecule has 1 aliphatic rings. The van der Waals surface area contributed by atoms with Gasteiger partial charge in [-0.2, -0.15) is 18.2 Å². The fourth-order valence-corrected chi connectivity index (χ4v) is 4.29. The Bertz CT molecular complexity index is 1350. The van der Waals surface area contributed by atoms with Crippen LogP contribution in [0.25, 0.3) is 0 Å². The average Bonchev–Trinajstić information content (AvgIpc) is 2.93. The zero-order valence-electron chi connectivity index (χ0n) is 20.3. The van der Waals surface area contributed by atoms with Gasteiger partial charge in [-0.05, 0) is 31.2 Å². The van der Waals surface area contributed by atoms with Gasteiger partial charge >= 0.3 is 12.2 Å². The Morgan fingerprint density at radius 3 is 2.44 bits per heavy atom. The van der Waals surface area contributed by atoms with E-state index in [-0.39, 0.29) is 24.6 Å². The number of rotatable bonds is 7. The van der Waals surface area contributed by atoms with Crippen molar-refractivity contribution < 1.29 is 36.3 Å². The molecule has 39 heavy (non-hydrogen) atoms. The van der Waals surface area contributed by atoms with E-state index in [1.807, 2.05) is 0 Å². The summed E-state index contributed by atoms with van der Waals surface area (Å²) >= 11 is 1.26. The second kappa shape index (κ2) is 11.9. The number of likely N-dealkylation sites (tertiary alicyclic amines) is 1. The molecular formula is C24H21F5N6O3S. The van der Waals surface area contributed by atoms with E-state index in [1.54, 1.807) is 6.26 Å². The van der Waals surface area contributed by atoms with E-state index in [0.717, 1.165) is 24.4 Å². The Labute approximate surface area is 223 Å². The van der Waals surface area contributed by atoms with Gasteiger partial charge < -0.3 is 15.0 Å². The zero-order valence-corrected chi connectivity index (χ0v) is 21.2. The molecule has 0 atom stereocenters. The van der Waals surface area contributed by atoms with Crippen molar-refractivity contribution in [3.05, 3.63) is 65.4 Å². The van der Waals surface area contributed by atoms with Crippen molar-refractivity contribution in [2.45, 2.75) is 30.1 Å². The minimum atomic E-state index is -4.77. The number of Topliss-reactive ketones (excluding diaryl/α,β-unsaturated/α-hetero) is 1. The number of nitrogens with zero attached hydrogens (tertiary/aromatic N) is 5. The number of carbonyl (C=O) groups excluding carboxylic acids is 2. The standard InChI is InChI=1S/C24H21F5N6O3S/c1-39-22-31-11-14(17(36)12-38-18-5-8-30-21(32-18)24(27,28)29)19(33-22)13-6-9-35(10-7-13)23(37)34-20-15(25)3-2-4-16(20)26/h2-5,8,11,13H,6-7,9-10,12H2,1H3,(H,34,37). The summed E-state index contributed by atoms with van der Waals surface area (Å²) in [5.41, 5.74) is 0.0139. The van der Waals surface area contributed by atoms with Crippen LogP contribution < -0.4 is 10.1 Å². The summed E-state index contributed by atoms with van der Waals surface area (Å²) in [6, 6.07) is 3.69. The molecule has 1 aromatic carbocycles. The van der Waals surface area contributed by atoms with Gasteiger partial charge in [0.15, 0.2) is 11.8 Å². The third-order valence-corrected chi connectivity index (χ3v) is 6.44. The number of para-hydroxylation sites is 1. The maximum Gasteiger partial charge on any atom is 0.451 e. The van der Waals surface area contributed by atoms with Crippen molar-refractivity contribution in [3.8, 4) is 5.88 Å². The molecule has 1 saturated heterocycles. The van der Waals surface area contributed by atoms with Gasteiger partial charge in [-0.25, -0.2) is 28.5 Å². The van der Waals surface area contributed by atoms with Crippen LogP contribution in [0.5, 0.6) is 5.88 Å². The quantitative estimate of drug-likeness (QED) is 0.184. The predicted octanol–water partition coefficient (Wildman–Crippen LogP) is 4.96. The molecule has 9 nitrogen and oxygen atoms in total. The lowest BCUT2D eigenvalue weighted by molar-refractivity contribution is -0.145. The summed E-state index contributed by atoms with van der Waals surface area (Å²) in [6.07, 6.45) is -0.0258. The number of ether oxygens (including phenoxy) is 1. The molecule has 1 aliphatic heterocycles. The fraction of sp³-hybridized carbons (Fsp3) is 0.333. The number of ketones is 1. The number of halogens is 5. The number of thioether (sulfide) groups is 1. The summed E-state index contributed by atoms with van der Waals surface area (Å²) in [5.74, 6) is -4.44. The first-order valence-electron chi connectivity index (χ1n) is 11.5. The van der Waals surface area contributed by atoms with Gasteiger partial charge in [0.05, 0.1) is 11.3 Å². The fourth-order valence-electron chi connectivity index (χ4n) is 3.94. The van der Waals surface area contributed by atoms with Crippen LogP contribution in [0.2, 0.25) is 0 Å². The summed E-state index contributed by atoms with van der Waals surface area (Å²) in [7, 11) is 0. The molecule has 4 rings (SSSR count). The summed E-state index contributed by atoms with van der Waals surface area (Å²) in [5, 5.41) is 2.66. The predicted molar refractivity (Wildman–Crippen MR) is 130 cm³/mol. The molecule has 0 spiro atoms. The van der Waals surface area contributed by atoms with Gasteiger partial charge in [-0.15, -0.1) is 0 Å². The monoisotopic (exact) mass is 568 g/mol. The van der Waals surface area contributed by atoms with E-state index in [1.165, 1.54) is 28.9 Å². The normalized spacial score (nSPS) is 14.3. The number of carbonyl (C=O) groups is 2. The van der Waals surface area contributed by atoms with Crippen LogP contribution in [0.15, 0.2) is 41.8 Å². The van der Waals surface area contributed by atoms with Crippen LogP contribution in [0, 0.1) is 11.6 Å². The lowest BCUT2D eigenvalue weighted by Crippen LogP contribution is -2.41. The lowest BCUT2D eigenvalue weighted by atomic mass is 9.90. The molecule has 3 heterocycles. The molecule has 0 radical (unpaired) electrons. The highest BCUT2D eigenvalue weighted by atomic mass is 32.2. The van der Waals surface area contributed by atoms with E-state index in [2.05, 4.69) is 25.3 Å². The van der Waals surface area contributed by atoms with Gasteiger partial charge in [0.1, 0.15) is 17.3 Å². The molecule has 2 amide bonds. The Kier molecular flexibility index (Phi) is 8.57. The Morgan fingerprint density at radius 2 is 1.79 bits per heavy atom. The smallest absolute Gasteiger partial charge is 0.451 e. The molecule has 0 unspecified atom stereocenters. The van der Waals surface area contributed by atoms with E-state index in [4.69, 9.17) is 4.74 Å². The molecule has 2 aromatic heterocycles. The number of amides is 2. The number of anilines is 1. The molecule has 1 N–H and O–H groups in total. The molecular weight excluding hydrogens is 547 g/mol. The number of piperidine rings is 1. The highest BCUT2D eigenvalue weighted by Gasteiger charge is 2.35. The van der Waals surface area contributed by atoms with Crippen molar-refractivity contribution in [3.63, 3.8) is 0 Å². The maximum atomic E-state index is 13.9. The Balaban J connectivity index is 1.44. The van der Waals surface area contributed by atoms with Crippen LogP contribution in [0.3, 0.4) is 0 Å². The van der Waals surface area contributed by atoms with Crippen LogP contribution in [0.4, 0.5) is 32.4 Å². The number of aromatic nitrogens is 4. The van der Waals surface area contributed by atoms with Gasteiger partial charge in [0, 0.05) is 37.5 Å². The van der Waals surface area contributed by atoms with Crippen LogP contribution in [-0.2, 0) is 6.18 Å². The number of benzene rings is 1. The molecule has 0 bridgehead atoms. The van der Waals surface area contributed by atoms with Crippen LogP contribution in [0.1, 0.15) is 40.6 Å². The van der Waals surface area contributed by atoms with Crippen molar-refractivity contribution >= 4 is 29.3 Å². The van der Waals surface area contributed by atoms with Gasteiger partial charge in [0.2, 0.25) is 17.5 Å². The zero-order chi connectivity index (χ0) is 28.2. The topological polar surface area (TPSA) is 110 Å². The summed E-state index contributed by atoms with van der Waals surface area (Å²) in [6.45, 7) is -0.175. The highest BCUT2D eigenvalue weighted by Crippen LogP contribution is 2.31. The first kappa shape index (κ1) is 28.1. The minimum absolute atomic E-state index is 0.134. The molecule has 1 fully saturated rings. The molecule has 206 valence electrons. The number of hydrogen-bond acceptors (Lipinski definition) is 8. The second-order valence-electron chi connectivity index (χ2n) is 8.37. The third-order valence-electron chi connectivity index (χ3n) is 5.88. The first-order chi connectivity index (χ1) is 18.6. The minimum Gasteiger partial charge on any atom is -0.469 e. The van der Waals surface area contributed by atoms with Crippen LogP contribution >= 0.6 is 11.8 Å². The van der Waals surface area contributed by atoms with Crippen molar-refractivity contribution in [2.75, 3.05) is 31.3 Å². The van der Waals surface area contributed by atoms with Crippen molar-refractivity contribution in [2.24, 2.45) is 0 Å². The Morgan fingerprint density at radius 1 is 1.10 bits per heavy atom. The highest BCUT2D eigenvalue weighted by molar-refractivity contribution is 7.98. The largest absolute Gasteiger partial charge is 0.469 e. The lowest BCUT2D eigenvalue weighted by Gasteiger charge is -2.32. The van der Waals surface area contributed by atoms with Gasteiger partial charge in [0.25, 0.3) is 0 Å². The molecule has 0 aliphatic carbocycles. The molecule has 3 aromatic rings. The van der Waals surface area contributed by atoms with Crippen molar-refractivity contribution in [1.29, 1.82) is 0 Å². The third kappa shape index (κ3) is 6.77. The maximum absolute atomic E-state index is 13.9. The number of alkyl halides is 3. The van der Waals surface area contributed by atoms with Gasteiger partial charge in [-0.1, -0.05) is 17.8 Å². The van der Waals surface area contributed by atoms with E-state index in [9.17, 15) is 31.5 Å². The second-order valence-corrected chi connectivity index (χ2v) is 9.15. The SMILES string of the molecule is CSc1ncc(C(=O)COc2ccnc(C(F)(F)F)n2)c(C2CCN(C(=O)Nc3c(F)cccc3F)CC2)n1.